The molecule has 0 radical (unpaired) electrons. The van der Waals surface area contributed by atoms with Gasteiger partial charge in [-0.05, 0) is 60.2 Å². The maximum atomic E-state index is 14.4. The Morgan fingerprint density at radius 1 is 0.762 bits per heavy atom. The standard InChI is InChI=1S/C34H37N5O3/c35-32(40)30(17-10-23-38-34(36)37)39(24-22-25-18-20-29(21-19-25)42-28-15-8-3-9-16-28)33(41)31(26-11-4-1-5-12-26)27-13-6-2-7-14-27/h1-9,11-16,18-21,30-31H,10,17,22-24H2,(H2,35,40)(H4,36,37,38)/t30-/m1/s1. The quantitative estimate of drug-likeness (QED) is 0.0993. The van der Waals surface area contributed by atoms with Crippen molar-refractivity contribution in [2.45, 2.75) is 31.2 Å². The van der Waals surface area contributed by atoms with Gasteiger partial charge in [-0.25, -0.2) is 0 Å². The Balaban J connectivity index is 1.59. The molecule has 0 aliphatic heterocycles. The summed E-state index contributed by atoms with van der Waals surface area (Å²) in [4.78, 5) is 28.9. The van der Waals surface area contributed by atoms with Gasteiger partial charge in [0, 0.05) is 13.1 Å². The highest BCUT2D eigenvalue weighted by molar-refractivity contribution is 5.92. The monoisotopic (exact) mass is 563 g/mol. The Morgan fingerprint density at radius 2 is 1.29 bits per heavy atom. The number of rotatable bonds is 14. The third-order valence-electron chi connectivity index (χ3n) is 7.01. The summed E-state index contributed by atoms with van der Waals surface area (Å²) in [5, 5.41) is 10.2. The highest BCUT2D eigenvalue weighted by Gasteiger charge is 2.34. The molecule has 0 aliphatic rings. The van der Waals surface area contributed by atoms with Gasteiger partial charge in [-0.2, -0.15) is 0 Å². The highest BCUT2D eigenvalue weighted by Crippen LogP contribution is 2.29. The molecule has 4 aromatic rings. The molecule has 0 saturated heterocycles. The van der Waals surface area contributed by atoms with Crippen LogP contribution < -0.4 is 21.5 Å². The Bertz CT molecular complexity index is 1390. The summed E-state index contributed by atoms with van der Waals surface area (Å²) >= 11 is 0. The number of benzene rings is 4. The molecule has 8 heteroatoms. The lowest BCUT2D eigenvalue weighted by molar-refractivity contribution is -0.140. The SMILES string of the molecule is N=C(N)NCCC[C@H](C(N)=O)N(CCc1ccc(Oc2ccccc2)cc1)C(=O)C(c1ccccc1)c1ccccc1. The molecule has 216 valence electrons. The maximum absolute atomic E-state index is 14.4. The summed E-state index contributed by atoms with van der Waals surface area (Å²) < 4.78 is 5.91. The summed E-state index contributed by atoms with van der Waals surface area (Å²) in [6, 6.07) is 35.6. The zero-order valence-corrected chi connectivity index (χ0v) is 23.5. The number of carbonyl (C=O) groups is 2. The van der Waals surface area contributed by atoms with Gasteiger partial charge in [0.15, 0.2) is 5.96 Å². The number of guanidine groups is 1. The first-order valence-electron chi connectivity index (χ1n) is 14.0. The summed E-state index contributed by atoms with van der Waals surface area (Å²) in [5.74, 6) is -0.0623. The summed E-state index contributed by atoms with van der Waals surface area (Å²) in [6.07, 6.45) is 1.36. The van der Waals surface area contributed by atoms with Crippen LogP contribution in [-0.2, 0) is 16.0 Å². The average Bonchev–Trinajstić information content (AvgIpc) is 3.00. The minimum Gasteiger partial charge on any atom is -0.457 e. The van der Waals surface area contributed by atoms with E-state index in [1.165, 1.54) is 0 Å². The van der Waals surface area contributed by atoms with E-state index in [2.05, 4.69) is 5.32 Å². The second kappa shape index (κ2) is 15.0. The summed E-state index contributed by atoms with van der Waals surface area (Å²) in [5.41, 5.74) is 14.0. The van der Waals surface area contributed by atoms with Crippen LogP contribution in [0.2, 0.25) is 0 Å². The lowest BCUT2D eigenvalue weighted by Gasteiger charge is -2.33. The molecule has 0 aliphatic carbocycles. The van der Waals surface area contributed by atoms with Gasteiger partial charge in [-0.1, -0.05) is 91.0 Å². The first-order chi connectivity index (χ1) is 20.4. The van der Waals surface area contributed by atoms with Crippen molar-refractivity contribution in [1.29, 1.82) is 5.41 Å². The molecule has 1 atom stereocenters. The van der Waals surface area contributed by atoms with Gasteiger partial charge in [0.05, 0.1) is 5.92 Å². The van der Waals surface area contributed by atoms with E-state index in [0.29, 0.717) is 38.1 Å². The lowest BCUT2D eigenvalue weighted by Crippen LogP contribution is -2.50. The number of ether oxygens (including phenoxy) is 1. The highest BCUT2D eigenvalue weighted by atomic mass is 16.5. The van der Waals surface area contributed by atoms with Crippen LogP contribution in [0.3, 0.4) is 0 Å². The second-order valence-electron chi connectivity index (χ2n) is 10.00. The van der Waals surface area contributed by atoms with Gasteiger partial charge in [0.1, 0.15) is 17.5 Å². The molecule has 4 aromatic carbocycles. The topological polar surface area (TPSA) is 135 Å². The number of primary amides is 1. The molecule has 42 heavy (non-hydrogen) atoms. The van der Waals surface area contributed by atoms with Crippen LogP contribution in [0.5, 0.6) is 11.5 Å². The van der Waals surface area contributed by atoms with Crippen molar-refractivity contribution < 1.29 is 14.3 Å². The zero-order valence-electron chi connectivity index (χ0n) is 23.5. The molecule has 0 fully saturated rings. The minimum absolute atomic E-state index is 0.147. The fourth-order valence-electron chi connectivity index (χ4n) is 4.92. The molecule has 0 aromatic heterocycles. The molecule has 0 saturated carbocycles. The van der Waals surface area contributed by atoms with Crippen LogP contribution in [0.15, 0.2) is 115 Å². The third kappa shape index (κ3) is 8.44. The van der Waals surface area contributed by atoms with Gasteiger partial charge in [0.25, 0.3) is 0 Å². The Kier molecular flexibility index (Phi) is 10.7. The largest absolute Gasteiger partial charge is 0.457 e. The fraction of sp³-hybridized carbons (Fsp3) is 0.206. The Labute approximate surface area is 246 Å². The Hall–Kier alpha value is -5.11. The van der Waals surface area contributed by atoms with E-state index < -0.39 is 17.9 Å². The normalized spacial score (nSPS) is 11.5. The molecule has 2 amide bonds. The van der Waals surface area contributed by atoms with Crippen molar-refractivity contribution in [3.63, 3.8) is 0 Å². The average molecular weight is 564 g/mol. The van der Waals surface area contributed by atoms with Crippen molar-refractivity contribution >= 4 is 17.8 Å². The molecule has 0 spiro atoms. The van der Waals surface area contributed by atoms with E-state index in [1.54, 1.807) is 4.90 Å². The van der Waals surface area contributed by atoms with Gasteiger partial charge in [-0.3, -0.25) is 15.0 Å². The van der Waals surface area contributed by atoms with Gasteiger partial charge >= 0.3 is 0 Å². The lowest BCUT2D eigenvalue weighted by atomic mass is 9.89. The smallest absolute Gasteiger partial charge is 0.240 e. The number of nitrogens with zero attached hydrogens (tertiary/aromatic N) is 1. The predicted octanol–water partition coefficient (Wildman–Crippen LogP) is 4.80. The van der Waals surface area contributed by atoms with Crippen molar-refractivity contribution in [3.8, 4) is 11.5 Å². The van der Waals surface area contributed by atoms with Crippen molar-refractivity contribution in [2.24, 2.45) is 11.5 Å². The van der Waals surface area contributed by atoms with E-state index in [4.69, 9.17) is 21.6 Å². The molecular formula is C34H37N5O3. The number of hydrogen-bond acceptors (Lipinski definition) is 4. The second-order valence-corrected chi connectivity index (χ2v) is 10.00. The van der Waals surface area contributed by atoms with E-state index in [1.807, 2.05) is 115 Å². The fourth-order valence-corrected chi connectivity index (χ4v) is 4.92. The number of para-hydroxylation sites is 1. The first kappa shape index (κ1) is 29.9. The predicted molar refractivity (Wildman–Crippen MR) is 165 cm³/mol. The molecule has 8 nitrogen and oxygen atoms in total. The third-order valence-corrected chi connectivity index (χ3v) is 7.01. The van der Waals surface area contributed by atoms with E-state index in [0.717, 1.165) is 22.4 Å². The van der Waals surface area contributed by atoms with Crippen molar-refractivity contribution in [2.75, 3.05) is 13.1 Å². The van der Waals surface area contributed by atoms with Crippen molar-refractivity contribution in [3.05, 3.63) is 132 Å². The van der Waals surface area contributed by atoms with Gasteiger partial charge in [-0.15, -0.1) is 0 Å². The van der Waals surface area contributed by atoms with Gasteiger partial charge in [0.2, 0.25) is 11.8 Å². The van der Waals surface area contributed by atoms with Crippen LogP contribution in [-0.4, -0.2) is 41.8 Å². The van der Waals surface area contributed by atoms with E-state index >= 15 is 0 Å². The van der Waals surface area contributed by atoms with Crippen LogP contribution in [0.1, 0.15) is 35.4 Å². The first-order valence-corrected chi connectivity index (χ1v) is 14.0. The van der Waals surface area contributed by atoms with Crippen LogP contribution in [0.4, 0.5) is 0 Å². The van der Waals surface area contributed by atoms with Gasteiger partial charge < -0.3 is 26.4 Å². The number of nitrogens with one attached hydrogen (secondary N) is 2. The van der Waals surface area contributed by atoms with Crippen LogP contribution in [0, 0.1) is 5.41 Å². The summed E-state index contributed by atoms with van der Waals surface area (Å²) in [7, 11) is 0. The van der Waals surface area contributed by atoms with Crippen LogP contribution in [0.25, 0.3) is 0 Å². The molecule has 6 N–H and O–H groups in total. The zero-order chi connectivity index (χ0) is 29.7. The summed E-state index contributed by atoms with van der Waals surface area (Å²) in [6.45, 7) is 0.687. The molecular weight excluding hydrogens is 526 g/mol. The molecule has 0 heterocycles. The van der Waals surface area contributed by atoms with E-state index in [9.17, 15) is 9.59 Å². The number of hydrogen-bond donors (Lipinski definition) is 4. The number of amides is 2. The van der Waals surface area contributed by atoms with Crippen molar-refractivity contribution in [1.82, 2.24) is 10.2 Å². The number of carbonyl (C=O) groups excluding carboxylic acids is 2. The molecule has 4 rings (SSSR count). The minimum atomic E-state index is -0.832. The number of nitrogens with two attached hydrogens (primary N) is 2. The maximum Gasteiger partial charge on any atom is 0.240 e. The van der Waals surface area contributed by atoms with Crippen LogP contribution >= 0.6 is 0 Å². The molecule has 0 bridgehead atoms. The Morgan fingerprint density at radius 3 is 1.81 bits per heavy atom. The van der Waals surface area contributed by atoms with E-state index in [-0.39, 0.29) is 11.9 Å². The molecule has 0 unspecified atom stereocenters.